The number of rotatable bonds is 2. The van der Waals surface area contributed by atoms with Gasteiger partial charge in [0.05, 0.1) is 5.73 Å². The molecular weight excluding hydrogens is 232 g/mol. The summed E-state index contributed by atoms with van der Waals surface area (Å²) in [5.74, 6) is 0. The molecule has 0 aliphatic carbocycles. The van der Waals surface area contributed by atoms with E-state index in [1.807, 2.05) is 0 Å². The summed E-state index contributed by atoms with van der Waals surface area (Å²) in [5, 5.41) is 0. The molecule has 0 aromatic carbocycles. The van der Waals surface area contributed by atoms with Gasteiger partial charge in [-0.15, -0.1) is 0 Å². The van der Waals surface area contributed by atoms with Crippen molar-refractivity contribution in [3.05, 3.63) is 0 Å². The Morgan fingerprint density at radius 2 is 1.88 bits per heavy atom. The lowest BCUT2D eigenvalue weighted by Crippen LogP contribution is -2.65. The Balaban J connectivity index is 2.08. The van der Waals surface area contributed by atoms with Crippen LogP contribution in [0.25, 0.3) is 0 Å². The summed E-state index contributed by atoms with van der Waals surface area (Å²) in [6.07, 6.45) is 7.84. The molecule has 0 saturated carbocycles. The molecule has 2 aliphatic rings. The van der Waals surface area contributed by atoms with Gasteiger partial charge in [-0.2, -0.15) is 0 Å². The van der Waals surface area contributed by atoms with Crippen LogP contribution in [-0.2, 0) is 9.47 Å². The van der Waals surface area contributed by atoms with Crippen LogP contribution in [0.1, 0.15) is 38.5 Å². The van der Waals surface area contributed by atoms with E-state index in [1.165, 1.54) is 48.8 Å². The molecule has 0 aromatic heterocycles. The molecule has 94 valence electrons. The first kappa shape index (κ1) is 12.8. The fourth-order valence-corrected chi connectivity index (χ4v) is 8.05. The van der Waals surface area contributed by atoms with E-state index in [4.69, 9.17) is 9.47 Å². The van der Waals surface area contributed by atoms with E-state index in [0.717, 1.165) is 13.2 Å². The zero-order valence-electron chi connectivity index (χ0n) is 11.1. The largest absolute Gasteiger partial charge is 0.383 e. The van der Waals surface area contributed by atoms with Crippen LogP contribution in [0, 0.1) is 0 Å². The molecule has 2 heterocycles. The van der Waals surface area contributed by atoms with E-state index in [2.05, 4.69) is 13.1 Å². The first-order valence-electron chi connectivity index (χ1n) is 6.82. The summed E-state index contributed by atoms with van der Waals surface area (Å²) in [7, 11) is -0.227. The van der Waals surface area contributed by atoms with Crippen molar-refractivity contribution in [2.24, 2.45) is 0 Å². The second-order valence-corrected chi connectivity index (χ2v) is 13.9. The van der Waals surface area contributed by atoms with Crippen LogP contribution in [0.5, 0.6) is 0 Å². The van der Waals surface area contributed by atoms with Gasteiger partial charge in [-0.3, -0.25) is 0 Å². The second-order valence-electron chi connectivity index (χ2n) is 6.11. The van der Waals surface area contributed by atoms with Crippen molar-refractivity contribution >= 4 is 18.3 Å². The van der Waals surface area contributed by atoms with Crippen LogP contribution in [-0.4, -0.2) is 42.1 Å². The molecule has 2 unspecified atom stereocenters. The monoisotopic (exact) mass is 258 g/mol. The molecule has 0 N–H and O–H groups in total. The molecule has 2 saturated heterocycles. The molecule has 2 nitrogen and oxygen atoms in total. The van der Waals surface area contributed by atoms with Crippen molar-refractivity contribution in [2.45, 2.75) is 62.2 Å². The van der Waals surface area contributed by atoms with Crippen molar-refractivity contribution in [1.82, 2.24) is 0 Å². The Labute approximate surface area is 104 Å². The van der Waals surface area contributed by atoms with Crippen LogP contribution < -0.4 is 0 Å². The minimum absolute atomic E-state index is 0.285. The highest BCUT2D eigenvalue weighted by molar-refractivity contribution is 6.86. The molecule has 2 rings (SSSR count). The predicted molar refractivity (Wildman–Crippen MR) is 73.5 cm³/mol. The smallest absolute Gasteiger partial charge is 0.113 e. The molecule has 4 heteroatoms. The maximum atomic E-state index is 6.23. The SMILES string of the molecule is C[Si](C)(C1CCCCO1)C1([SiH3])CCCCO1. The first-order chi connectivity index (χ1) is 7.56. The van der Waals surface area contributed by atoms with E-state index in [9.17, 15) is 0 Å². The molecule has 0 aromatic rings. The van der Waals surface area contributed by atoms with Gasteiger partial charge < -0.3 is 9.47 Å². The van der Waals surface area contributed by atoms with E-state index in [-0.39, 0.29) is 4.85 Å². The van der Waals surface area contributed by atoms with Crippen molar-refractivity contribution in [2.75, 3.05) is 13.2 Å². The minimum Gasteiger partial charge on any atom is -0.383 e. The minimum atomic E-state index is -1.41. The van der Waals surface area contributed by atoms with Crippen molar-refractivity contribution in [1.29, 1.82) is 0 Å². The molecule has 2 atom stereocenters. The highest BCUT2D eigenvalue weighted by Crippen LogP contribution is 2.36. The second kappa shape index (κ2) is 4.92. The van der Waals surface area contributed by atoms with E-state index < -0.39 is 8.07 Å². The van der Waals surface area contributed by atoms with E-state index in [0.29, 0.717) is 5.73 Å². The van der Waals surface area contributed by atoms with Gasteiger partial charge in [0.15, 0.2) is 0 Å². The van der Waals surface area contributed by atoms with E-state index in [1.54, 1.807) is 0 Å². The lowest BCUT2D eigenvalue weighted by atomic mass is 10.2. The van der Waals surface area contributed by atoms with Gasteiger partial charge in [-0.25, -0.2) is 0 Å². The Morgan fingerprint density at radius 3 is 2.44 bits per heavy atom. The van der Waals surface area contributed by atoms with Gasteiger partial charge in [0.25, 0.3) is 0 Å². The fourth-order valence-electron chi connectivity index (χ4n) is 3.09. The topological polar surface area (TPSA) is 18.5 Å². The lowest BCUT2D eigenvalue weighted by molar-refractivity contribution is 0.00922. The standard InChI is InChI=1S/C12H26O2Si2/c1-16(2,11-7-3-5-9-13-11)12(15)8-4-6-10-14-12/h11H,3-10H2,1-2,15H3. The molecular formula is C12H26O2Si2. The molecule has 0 radical (unpaired) electrons. The highest BCUT2D eigenvalue weighted by atomic mass is 28.4. The van der Waals surface area contributed by atoms with Crippen LogP contribution in [0.4, 0.5) is 0 Å². The van der Waals surface area contributed by atoms with Crippen LogP contribution in [0.3, 0.4) is 0 Å². The van der Waals surface area contributed by atoms with Gasteiger partial charge in [0, 0.05) is 28.3 Å². The van der Waals surface area contributed by atoms with Gasteiger partial charge >= 0.3 is 0 Å². The molecule has 2 aliphatic heterocycles. The average Bonchev–Trinajstić information content (AvgIpc) is 2.31. The molecule has 2 fully saturated rings. The first-order valence-corrected chi connectivity index (χ1v) is 10.9. The quantitative estimate of drug-likeness (QED) is 0.701. The Morgan fingerprint density at radius 1 is 1.12 bits per heavy atom. The van der Waals surface area contributed by atoms with Crippen molar-refractivity contribution in [3.8, 4) is 0 Å². The van der Waals surface area contributed by atoms with Gasteiger partial charge in [-0.05, 0) is 38.5 Å². The Kier molecular flexibility index (Phi) is 3.94. The normalized spacial score (nSPS) is 37.5. The summed E-state index contributed by atoms with van der Waals surface area (Å²) in [6, 6.07) is 0. The lowest BCUT2D eigenvalue weighted by Gasteiger charge is -2.49. The fraction of sp³-hybridized carbons (Fsp3) is 1.00. The Bertz CT molecular complexity index is 231. The average molecular weight is 259 g/mol. The third-order valence-electron chi connectivity index (χ3n) is 4.82. The zero-order valence-corrected chi connectivity index (χ0v) is 14.1. The van der Waals surface area contributed by atoms with Gasteiger partial charge in [-0.1, -0.05) is 13.1 Å². The molecule has 0 spiro atoms. The number of ether oxygens (including phenoxy) is 2. The summed E-state index contributed by atoms with van der Waals surface area (Å²) in [6.45, 7) is 6.98. The maximum Gasteiger partial charge on any atom is 0.113 e. The summed E-state index contributed by atoms with van der Waals surface area (Å²) < 4.78 is 12.3. The van der Waals surface area contributed by atoms with E-state index >= 15 is 0 Å². The third kappa shape index (κ3) is 2.30. The summed E-state index contributed by atoms with van der Waals surface area (Å²) in [5.41, 5.74) is 0.553. The zero-order chi connectivity index (χ0) is 11.6. The molecule has 0 amide bonds. The van der Waals surface area contributed by atoms with Crippen LogP contribution >= 0.6 is 0 Å². The predicted octanol–water partition coefficient (Wildman–Crippen LogP) is 1.60. The van der Waals surface area contributed by atoms with Gasteiger partial charge in [0.1, 0.15) is 8.07 Å². The Hall–Kier alpha value is 0.354. The molecule has 16 heavy (non-hydrogen) atoms. The van der Waals surface area contributed by atoms with Crippen LogP contribution in [0.2, 0.25) is 13.1 Å². The summed E-state index contributed by atoms with van der Waals surface area (Å²) >= 11 is 0. The van der Waals surface area contributed by atoms with Crippen LogP contribution in [0.15, 0.2) is 0 Å². The number of hydrogen-bond donors (Lipinski definition) is 0. The molecule has 0 bridgehead atoms. The van der Waals surface area contributed by atoms with Gasteiger partial charge in [0.2, 0.25) is 0 Å². The maximum absolute atomic E-state index is 6.23. The van der Waals surface area contributed by atoms with Crippen molar-refractivity contribution in [3.63, 3.8) is 0 Å². The summed E-state index contributed by atoms with van der Waals surface area (Å²) in [4.78, 5) is 0.285. The highest BCUT2D eigenvalue weighted by Gasteiger charge is 2.50. The third-order valence-corrected chi connectivity index (χ3v) is 14.7. The van der Waals surface area contributed by atoms with Crippen molar-refractivity contribution < 1.29 is 9.47 Å². The number of hydrogen-bond acceptors (Lipinski definition) is 2.